The average Bonchev–Trinajstić information content (AvgIpc) is 2.68. The maximum atomic E-state index is 7.00. The van der Waals surface area contributed by atoms with Crippen molar-refractivity contribution in [1.29, 1.82) is 0 Å². The van der Waals surface area contributed by atoms with Gasteiger partial charge in [0.15, 0.2) is 0 Å². The van der Waals surface area contributed by atoms with E-state index in [1.807, 2.05) is 0 Å². The standard InChI is InChI=1S/C12H27N4.4CH4O.2CH3.2ClH.Ti/c1-5-13-7-2-9-15-11-4-12-16-10-3-8-14-6-1;4*1-2;;;;;/h13-15H,1-12H2;4*2H,1H3;2*1H3;2*1H;/q-1;;;;;2*-1;;;+3. The Morgan fingerprint density at radius 2 is 0.690 bits per heavy atom. The van der Waals surface area contributed by atoms with Crippen LogP contribution in [0.2, 0.25) is 0 Å². The molecule has 1 aliphatic heterocycles. The summed E-state index contributed by atoms with van der Waals surface area (Å²) in [6, 6.07) is 0. The minimum atomic E-state index is 0. The Morgan fingerprint density at radius 1 is 0.483 bits per heavy atom. The van der Waals surface area contributed by atoms with Gasteiger partial charge < -0.3 is 56.5 Å². The Balaban J connectivity index is -0.0000000394. The summed E-state index contributed by atoms with van der Waals surface area (Å²) in [6.07, 6.45) is 4.82. The van der Waals surface area contributed by atoms with Gasteiger partial charge in [-0.25, -0.2) is 0 Å². The van der Waals surface area contributed by atoms with Crippen molar-refractivity contribution < 1.29 is 42.1 Å². The van der Waals surface area contributed by atoms with Crippen LogP contribution in [0.3, 0.4) is 0 Å². The van der Waals surface area contributed by atoms with Crippen LogP contribution in [0.5, 0.6) is 0 Å². The molecule has 0 spiro atoms. The summed E-state index contributed by atoms with van der Waals surface area (Å²) in [6.45, 7) is 8.80. The normalized spacial score (nSPS) is 14.1. The van der Waals surface area contributed by atoms with E-state index in [-0.39, 0.29) is 61.4 Å². The van der Waals surface area contributed by atoms with E-state index >= 15 is 0 Å². The van der Waals surface area contributed by atoms with Crippen molar-refractivity contribution in [3.05, 3.63) is 20.2 Å². The molecule has 0 aromatic carbocycles. The molecular formula is C18H51Cl2N4O4Ti. The molecule has 0 saturated carbocycles. The molecule has 29 heavy (non-hydrogen) atoms. The molecule has 11 heteroatoms. The van der Waals surface area contributed by atoms with E-state index < -0.39 is 0 Å². The molecule has 0 amide bonds. The summed E-state index contributed by atoms with van der Waals surface area (Å²) >= 11 is 0. The Hall–Kier alpha value is 0.974. The van der Waals surface area contributed by atoms with Crippen molar-refractivity contribution in [1.82, 2.24) is 16.0 Å². The SMILES string of the molecule is C1C[N-]CCCNCCCNCCCNC1.CO.CO.CO.CO.Cl.Cl.[CH3-].[CH3-].[Ti+3]. The van der Waals surface area contributed by atoms with Crippen LogP contribution in [0, 0.1) is 14.9 Å². The number of aliphatic hydroxyl groups excluding tert-OH is 4. The molecule has 1 radical (unpaired) electrons. The predicted molar refractivity (Wildman–Crippen MR) is 130 cm³/mol. The molecule has 0 unspecified atom stereocenters. The molecule has 1 saturated heterocycles. The van der Waals surface area contributed by atoms with Crippen molar-refractivity contribution >= 4 is 24.8 Å². The van der Waals surface area contributed by atoms with Crippen molar-refractivity contribution in [3.63, 3.8) is 0 Å². The molecule has 8 nitrogen and oxygen atoms in total. The van der Waals surface area contributed by atoms with Crippen LogP contribution in [0.25, 0.3) is 5.32 Å². The number of nitrogens with one attached hydrogen (secondary N) is 3. The molecule has 1 fully saturated rings. The zero-order chi connectivity index (χ0) is 19.3. The third-order valence-electron chi connectivity index (χ3n) is 2.75. The summed E-state index contributed by atoms with van der Waals surface area (Å²) < 4.78 is 0. The number of nitrogens with zero attached hydrogens (tertiary/aromatic N) is 1. The number of aliphatic hydroxyl groups is 4. The van der Waals surface area contributed by atoms with Crippen LogP contribution < -0.4 is 16.0 Å². The molecule has 7 N–H and O–H groups in total. The van der Waals surface area contributed by atoms with E-state index in [9.17, 15) is 0 Å². The average molecular weight is 506 g/mol. The van der Waals surface area contributed by atoms with Gasteiger partial charge >= 0.3 is 21.7 Å². The fourth-order valence-electron chi connectivity index (χ4n) is 1.80. The van der Waals surface area contributed by atoms with Gasteiger partial charge in [0.05, 0.1) is 0 Å². The molecular weight excluding hydrogens is 455 g/mol. The van der Waals surface area contributed by atoms with Gasteiger partial charge in [0.25, 0.3) is 0 Å². The monoisotopic (exact) mass is 505 g/mol. The van der Waals surface area contributed by atoms with E-state index in [4.69, 9.17) is 20.4 Å². The van der Waals surface area contributed by atoms with Crippen LogP contribution in [0.15, 0.2) is 0 Å². The summed E-state index contributed by atoms with van der Waals surface area (Å²) in [4.78, 5) is 0. The molecule has 0 aromatic heterocycles. The van der Waals surface area contributed by atoms with Crippen LogP contribution in [0.4, 0.5) is 0 Å². The smallest absolute Gasteiger partial charge is 0.662 e. The molecule has 1 rings (SSSR count). The molecule has 0 aromatic rings. The molecule has 0 bridgehead atoms. The zero-order valence-corrected chi connectivity index (χ0v) is 22.7. The Kier molecular flexibility index (Phi) is 155. The van der Waals surface area contributed by atoms with Gasteiger partial charge in [-0.15, -0.1) is 37.9 Å². The van der Waals surface area contributed by atoms with E-state index in [0.717, 1.165) is 80.8 Å². The third-order valence-corrected chi connectivity index (χ3v) is 2.75. The number of hydrogen-bond donors (Lipinski definition) is 7. The third kappa shape index (κ3) is 73.2. The van der Waals surface area contributed by atoms with E-state index in [2.05, 4.69) is 21.3 Å². The number of rotatable bonds is 0. The van der Waals surface area contributed by atoms with Crippen molar-refractivity contribution in [2.24, 2.45) is 0 Å². The minimum Gasteiger partial charge on any atom is -0.662 e. The fraction of sp³-hybridized carbons (Fsp3) is 0.889. The quantitative estimate of drug-likeness (QED) is 0.192. The Morgan fingerprint density at radius 3 is 0.931 bits per heavy atom. The van der Waals surface area contributed by atoms with E-state index in [0.29, 0.717) is 0 Å². The molecule has 0 aliphatic carbocycles. The van der Waals surface area contributed by atoms with Gasteiger partial charge in [0, 0.05) is 28.4 Å². The summed E-state index contributed by atoms with van der Waals surface area (Å²) in [5.74, 6) is 0. The first-order chi connectivity index (χ1) is 12.0. The summed E-state index contributed by atoms with van der Waals surface area (Å²) in [5, 5.41) is 42.9. The Bertz CT molecular complexity index is 112. The zero-order valence-electron chi connectivity index (χ0n) is 19.5. The first-order valence-electron chi connectivity index (χ1n) is 8.54. The Labute approximate surface area is 209 Å². The maximum absolute atomic E-state index is 7.00. The van der Waals surface area contributed by atoms with Gasteiger partial charge in [0.2, 0.25) is 0 Å². The first-order valence-corrected chi connectivity index (χ1v) is 8.54. The predicted octanol–water partition coefficient (Wildman–Crippen LogP) is 0.879. The largest absolute Gasteiger partial charge is 3.00 e. The maximum Gasteiger partial charge on any atom is 3.00 e. The summed E-state index contributed by atoms with van der Waals surface area (Å²) in [5.41, 5.74) is 0. The van der Waals surface area contributed by atoms with Crippen LogP contribution >= 0.6 is 24.8 Å². The molecule has 0 atom stereocenters. The van der Waals surface area contributed by atoms with Gasteiger partial charge in [-0.2, -0.15) is 0 Å². The van der Waals surface area contributed by atoms with E-state index in [1.54, 1.807) is 0 Å². The first kappa shape index (κ1) is 57.2. The van der Waals surface area contributed by atoms with Crippen molar-refractivity contribution in [3.8, 4) is 0 Å². The van der Waals surface area contributed by atoms with Gasteiger partial charge in [-0.3, -0.25) is 0 Å². The van der Waals surface area contributed by atoms with Crippen LogP contribution in [0.1, 0.15) is 25.7 Å². The second-order valence-electron chi connectivity index (χ2n) is 4.34. The molecule has 1 aliphatic rings. The van der Waals surface area contributed by atoms with Crippen LogP contribution in [-0.4, -0.2) is 101 Å². The number of halogens is 2. The summed E-state index contributed by atoms with van der Waals surface area (Å²) in [7, 11) is 4.00. The van der Waals surface area contributed by atoms with Crippen molar-refractivity contribution in [2.75, 3.05) is 80.8 Å². The number of hydrogen-bond acceptors (Lipinski definition) is 7. The second-order valence-corrected chi connectivity index (χ2v) is 4.34. The molecule has 185 valence electrons. The van der Waals surface area contributed by atoms with Gasteiger partial charge in [-0.1, -0.05) is 12.8 Å². The molecule has 1 heterocycles. The van der Waals surface area contributed by atoms with Crippen molar-refractivity contribution in [2.45, 2.75) is 25.7 Å². The fourth-order valence-corrected chi connectivity index (χ4v) is 1.80. The second kappa shape index (κ2) is 78.7. The van der Waals surface area contributed by atoms with Gasteiger partial charge in [0.1, 0.15) is 0 Å². The van der Waals surface area contributed by atoms with E-state index in [1.165, 1.54) is 25.7 Å². The topological polar surface area (TPSA) is 131 Å². The van der Waals surface area contributed by atoms with Crippen LogP contribution in [-0.2, 0) is 21.7 Å². The minimum absolute atomic E-state index is 0. The van der Waals surface area contributed by atoms with Gasteiger partial charge in [-0.05, 0) is 52.1 Å².